The van der Waals surface area contributed by atoms with Gasteiger partial charge < -0.3 is 9.64 Å². The van der Waals surface area contributed by atoms with Gasteiger partial charge in [-0.25, -0.2) is 4.39 Å². The maximum Gasteiger partial charge on any atom is 0.123 e. The molecule has 2 aromatic rings. The maximum atomic E-state index is 12.4. The smallest absolute Gasteiger partial charge is 0.123 e. The first-order valence-corrected chi connectivity index (χ1v) is 10.4. The lowest BCUT2D eigenvalue weighted by Gasteiger charge is -2.32. The maximum absolute atomic E-state index is 12.4. The van der Waals surface area contributed by atoms with E-state index in [2.05, 4.69) is 23.1 Å². The van der Waals surface area contributed by atoms with Gasteiger partial charge in [0.15, 0.2) is 0 Å². The minimum atomic E-state index is -0.443. The van der Waals surface area contributed by atoms with E-state index in [1.54, 1.807) is 0 Å². The highest BCUT2D eigenvalue weighted by Crippen LogP contribution is 2.26. The fourth-order valence-corrected chi connectivity index (χ4v) is 4.07. The molecule has 0 spiro atoms. The van der Waals surface area contributed by atoms with Crippen LogP contribution in [-0.2, 0) is 12.8 Å². The number of aryl methyl sites for hydroxylation is 1. The first kappa shape index (κ1) is 20.2. The molecule has 0 atom stereocenters. The lowest BCUT2D eigenvalue weighted by atomic mass is 9.90. The van der Waals surface area contributed by atoms with Crippen molar-refractivity contribution in [3.05, 3.63) is 64.7 Å². The standard InChI is InChI=1S/C23H29ClFNO/c24-22-7-3-1-5-20(22)13-17-26-15-11-19(12-16-26)9-10-21-6-2-4-8-23(21)27-18-14-25/h1-8,19H,9-18H2. The van der Waals surface area contributed by atoms with Crippen LogP contribution in [0.1, 0.15) is 30.4 Å². The van der Waals surface area contributed by atoms with Crippen molar-refractivity contribution < 1.29 is 9.13 Å². The molecule has 1 heterocycles. The van der Waals surface area contributed by atoms with Gasteiger partial charge in [0, 0.05) is 11.6 Å². The Morgan fingerprint density at radius 1 is 0.963 bits per heavy atom. The number of rotatable bonds is 9. The summed E-state index contributed by atoms with van der Waals surface area (Å²) in [6, 6.07) is 16.2. The molecule has 0 N–H and O–H groups in total. The van der Waals surface area contributed by atoms with Crippen molar-refractivity contribution in [1.82, 2.24) is 4.90 Å². The molecular formula is C23H29ClFNO. The Bertz CT molecular complexity index is 700. The van der Waals surface area contributed by atoms with E-state index in [4.69, 9.17) is 16.3 Å². The number of hydrogen-bond acceptors (Lipinski definition) is 2. The number of piperidine rings is 1. The van der Waals surface area contributed by atoms with Gasteiger partial charge >= 0.3 is 0 Å². The second kappa shape index (κ2) is 10.7. The normalized spacial score (nSPS) is 15.8. The second-order valence-electron chi connectivity index (χ2n) is 7.31. The predicted octanol–water partition coefficient (Wildman–Crippen LogP) is 5.58. The van der Waals surface area contributed by atoms with Gasteiger partial charge in [0.2, 0.25) is 0 Å². The van der Waals surface area contributed by atoms with Crippen LogP contribution >= 0.6 is 11.6 Å². The van der Waals surface area contributed by atoms with E-state index >= 15 is 0 Å². The van der Waals surface area contributed by atoms with Crippen molar-refractivity contribution in [2.45, 2.75) is 32.1 Å². The van der Waals surface area contributed by atoms with E-state index in [9.17, 15) is 4.39 Å². The molecule has 0 radical (unpaired) electrons. The molecule has 0 amide bonds. The molecule has 0 aromatic heterocycles. The van der Waals surface area contributed by atoms with Crippen molar-refractivity contribution in [1.29, 1.82) is 0 Å². The Balaban J connectivity index is 1.40. The summed E-state index contributed by atoms with van der Waals surface area (Å²) in [6.07, 6.45) is 5.69. The molecule has 0 saturated carbocycles. The predicted molar refractivity (Wildman–Crippen MR) is 111 cm³/mol. The van der Waals surface area contributed by atoms with Gasteiger partial charge in [0.05, 0.1) is 0 Å². The van der Waals surface area contributed by atoms with Crippen LogP contribution in [-0.4, -0.2) is 37.8 Å². The van der Waals surface area contributed by atoms with Crippen LogP contribution in [0.4, 0.5) is 4.39 Å². The largest absolute Gasteiger partial charge is 0.491 e. The van der Waals surface area contributed by atoms with E-state index in [0.29, 0.717) is 0 Å². The molecule has 0 unspecified atom stereocenters. The van der Waals surface area contributed by atoms with Gasteiger partial charge in [-0.1, -0.05) is 48.0 Å². The average Bonchev–Trinajstić information content (AvgIpc) is 2.71. The molecule has 1 fully saturated rings. The Kier molecular flexibility index (Phi) is 7.97. The van der Waals surface area contributed by atoms with Crippen LogP contribution in [0.5, 0.6) is 5.75 Å². The van der Waals surface area contributed by atoms with Crippen molar-refractivity contribution in [3.8, 4) is 5.75 Å². The summed E-state index contributed by atoms with van der Waals surface area (Å²) in [5, 5.41) is 0.876. The minimum Gasteiger partial charge on any atom is -0.491 e. The molecule has 0 aliphatic carbocycles. The number of benzene rings is 2. The lowest BCUT2D eigenvalue weighted by molar-refractivity contribution is 0.180. The fraction of sp³-hybridized carbons (Fsp3) is 0.478. The quantitative estimate of drug-likeness (QED) is 0.555. The fourth-order valence-electron chi connectivity index (χ4n) is 3.84. The molecule has 0 bridgehead atoms. The number of para-hydroxylation sites is 1. The van der Waals surface area contributed by atoms with Crippen LogP contribution in [0.25, 0.3) is 0 Å². The number of ether oxygens (including phenoxy) is 1. The Morgan fingerprint density at radius 2 is 1.67 bits per heavy atom. The number of hydrogen-bond donors (Lipinski definition) is 0. The van der Waals surface area contributed by atoms with Crippen molar-refractivity contribution in [2.75, 3.05) is 32.9 Å². The number of halogens is 2. The lowest BCUT2D eigenvalue weighted by Crippen LogP contribution is -2.35. The van der Waals surface area contributed by atoms with E-state index in [1.807, 2.05) is 30.3 Å². The molecule has 1 aliphatic rings. The molecule has 4 heteroatoms. The topological polar surface area (TPSA) is 12.5 Å². The van der Waals surface area contributed by atoms with Gasteiger partial charge in [0.1, 0.15) is 19.0 Å². The van der Waals surface area contributed by atoms with Gasteiger partial charge in [-0.15, -0.1) is 0 Å². The monoisotopic (exact) mass is 389 g/mol. The van der Waals surface area contributed by atoms with Gasteiger partial charge in [-0.3, -0.25) is 0 Å². The summed E-state index contributed by atoms with van der Waals surface area (Å²) in [4.78, 5) is 2.55. The van der Waals surface area contributed by atoms with E-state index in [0.717, 1.165) is 49.2 Å². The summed E-state index contributed by atoms with van der Waals surface area (Å²) in [6.45, 7) is 3.10. The highest BCUT2D eigenvalue weighted by molar-refractivity contribution is 6.31. The molecule has 146 valence electrons. The summed E-state index contributed by atoms with van der Waals surface area (Å²) in [5.74, 6) is 1.60. The first-order chi connectivity index (χ1) is 13.3. The highest BCUT2D eigenvalue weighted by atomic mass is 35.5. The molecule has 1 aliphatic heterocycles. The minimum absolute atomic E-state index is 0.140. The highest BCUT2D eigenvalue weighted by Gasteiger charge is 2.19. The summed E-state index contributed by atoms with van der Waals surface area (Å²) < 4.78 is 17.9. The third-order valence-electron chi connectivity index (χ3n) is 5.49. The Morgan fingerprint density at radius 3 is 2.41 bits per heavy atom. The zero-order chi connectivity index (χ0) is 18.9. The summed E-state index contributed by atoms with van der Waals surface area (Å²) in [7, 11) is 0. The van der Waals surface area contributed by atoms with Crippen LogP contribution in [0.2, 0.25) is 5.02 Å². The molecule has 3 rings (SSSR count). The van der Waals surface area contributed by atoms with Gasteiger partial charge in [0.25, 0.3) is 0 Å². The third-order valence-corrected chi connectivity index (χ3v) is 5.86. The van der Waals surface area contributed by atoms with E-state index in [1.165, 1.54) is 30.4 Å². The zero-order valence-corrected chi connectivity index (χ0v) is 16.6. The number of likely N-dealkylation sites (tertiary alicyclic amines) is 1. The summed E-state index contributed by atoms with van der Waals surface area (Å²) >= 11 is 6.26. The molecular weight excluding hydrogens is 361 g/mol. The third kappa shape index (κ3) is 6.22. The molecule has 2 nitrogen and oxygen atoms in total. The molecule has 2 aromatic carbocycles. The Hall–Kier alpha value is -1.58. The second-order valence-corrected chi connectivity index (χ2v) is 7.72. The van der Waals surface area contributed by atoms with Crippen LogP contribution in [0.15, 0.2) is 48.5 Å². The van der Waals surface area contributed by atoms with E-state index < -0.39 is 6.67 Å². The summed E-state index contributed by atoms with van der Waals surface area (Å²) in [5.41, 5.74) is 2.44. The van der Waals surface area contributed by atoms with Crippen LogP contribution < -0.4 is 4.74 Å². The Labute approximate surface area is 167 Å². The van der Waals surface area contributed by atoms with Gasteiger partial charge in [-0.2, -0.15) is 0 Å². The average molecular weight is 390 g/mol. The van der Waals surface area contributed by atoms with Gasteiger partial charge in [-0.05, 0) is 74.4 Å². The number of nitrogens with zero attached hydrogens (tertiary/aromatic N) is 1. The first-order valence-electron chi connectivity index (χ1n) is 9.98. The molecule has 1 saturated heterocycles. The van der Waals surface area contributed by atoms with Crippen LogP contribution in [0, 0.1) is 5.92 Å². The molecule has 27 heavy (non-hydrogen) atoms. The number of alkyl halides is 1. The zero-order valence-electron chi connectivity index (χ0n) is 15.9. The SMILES string of the molecule is FCCOc1ccccc1CCC1CCN(CCc2ccccc2Cl)CC1. The van der Waals surface area contributed by atoms with Crippen molar-refractivity contribution in [3.63, 3.8) is 0 Å². The van der Waals surface area contributed by atoms with Crippen molar-refractivity contribution >= 4 is 11.6 Å². The van der Waals surface area contributed by atoms with Crippen molar-refractivity contribution in [2.24, 2.45) is 5.92 Å². The van der Waals surface area contributed by atoms with E-state index in [-0.39, 0.29) is 6.61 Å². The van der Waals surface area contributed by atoms with Crippen LogP contribution in [0.3, 0.4) is 0 Å².